The van der Waals surface area contributed by atoms with Crippen LogP contribution in [0.2, 0.25) is 0 Å². The highest BCUT2D eigenvalue weighted by molar-refractivity contribution is 5.09. The zero-order chi connectivity index (χ0) is 10.5. The van der Waals surface area contributed by atoms with Gasteiger partial charge in [0.15, 0.2) is 0 Å². The zero-order valence-electron chi connectivity index (χ0n) is 9.71. The normalized spacial score (nSPS) is 17.9. The Morgan fingerprint density at radius 1 is 1.20 bits per heavy atom. The van der Waals surface area contributed by atoms with E-state index in [0.29, 0.717) is 0 Å². The van der Waals surface area contributed by atoms with Gasteiger partial charge in [0.2, 0.25) is 0 Å². The van der Waals surface area contributed by atoms with Gasteiger partial charge >= 0.3 is 0 Å². The van der Waals surface area contributed by atoms with Crippen LogP contribution in [-0.4, -0.2) is 4.98 Å². The van der Waals surface area contributed by atoms with Crippen molar-refractivity contribution in [2.45, 2.75) is 51.9 Å². The first kappa shape index (κ1) is 10.7. The third kappa shape index (κ3) is 3.33. The maximum absolute atomic E-state index is 4.56. The van der Waals surface area contributed by atoms with E-state index in [4.69, 9.17) is 0 Å². The molecule has 1 fully saturated rings. The van der Waals surface area contributed by atoms with E-state index < -0.39 is 0 Å². The minimum absolute atomic E-state index is 0.973. The lowest BCUT2D eigenvalue weighted by Crippen LogP contribution is -2.07. The molecule has 1 nitrogen and oxygen atoms in total. The van der Waals surface area contributed by atoms with Gasteiger partial charge in [-0.2, -0.15) is 0 Å². The lowest BCUT2D eigenvalue weighted by atomic mass is 9.86. The molecular formula is C14H21N. The smallest absolute Gasteiger partial charge is 0.0406 e. The van der Waals surface area contributed by atoms with E-state index in [1.54, 1.807) is 0 Å². The highest BCUT2D eigenvalue weighted by Gasteiger charge is 2.13. The highest BCUT2D eigenvalue weighted by atomic mass is 14.7. The van der Waals surface area contributed by atoms with Crippen LogP contribution in [0.3, 0.4) is 0 Å². The largest absolute Gasteiger partial charge is 0.258 e. The summed E-state index contributed by atoms with van der Waals surface area (Å²) in [4.78, 5) is 4.56. The fraction of sp³-hybridized carbons (Fsp3) is 0.643. The second-order valence-electron chi connectivity index (χ2n) is 4.81. The van der Waals surface area contributed by atoms with E-state index in [9.17, 15) is 0 Å². The quantitative estimate of drug-likeness (QED) is 0.726. The Labute approximate surface area is 92.9 Å². The van der Waals surface area contributed by atoms with Crippen molar-refractivity contribution in [1.29, 1.82) is 0 Å². The molecule has 0 amide bonds. The molecule has 1 aliphatic rings. The Balaban J connectivity index is 1.81. The number of pyridine rings is 1. The van der Waals surface area contributed by atoms with Gasteiger partial charge in [0.1, 0.15) is 0 Å². The summed E-state index contributed by atoms with van der Waals surface area (Å²) in [6.45, 7) is 2.07. The van der Waals surface area contributed by atoms with Crippen molar-refractivity contribution in [2.75, 3.05) is 0 Å². The second kappa shape index (κ2) is 5.29. The summed E-state index contributed by atoms with van der Waals surface area (Å²) in [7, 11) is 0. The van der Waals surface area contributed by atoms with Crippen LogP contribution in [0.4, 0.5) is 0 Å². The minimum atomic E-state index is 0.973. The topological polar surface area (TPSA) is 12.9 Å². The molecule has 0 aromatic carbocycles. The van der Waals surface area contributed by atoms with Crippen molar-refractivity contribution >= 4 is 0 Å². The van der Waals surface area contributed by atoms with Crippen molar-refractivity contribution in [3.8, 4) is 0 Å². The second-order valence-corrected chi connectivity index (χ2v) is 4.81. The molecule has 0 unspecified atom stereocenters. The van der Waals surface area contributed by atoms with Crippen LogP contribution in [0.5, 0.6) is 0 Å². The van der Waals surface area contributed by atoms with Crippen LogP contribution in [0.1, 0.15) is 49.9 Å². The summed E-state index contributed by atoms with van der Waals surface area (Å²) in [5.41, 5.74) is 2.43. The maximum Gasteiger partial charge on any atom is 0.0406 e. The summed E-state index contributed by atoms with van der Waals surface area (Å²) in [6.07, 6.45) is 9.78. The summed E-state index contributed by atoms with van der Waals surface area (Å²) >= 11 is 0. The standard InChI is InChI=1S/C14H21N/c1-12-6-5-9-14(15-12)11-10-13-7-3-2-4-8-13/h5-6,9,13H,2-4,7-8,10-11H2,1H3. The Bertz CT molecular complexity index is 300. The van der Waals surface area contributed by atoms with Crippen molar-refractivity contribution < 1.29 is 0 Å². The van der Waals surface area contributed by atoms with Crippen LogP contribution in [0, 0.1) is 12.8 Å². The Kier molecular flexibility index (Phi) is 3.76. The minimum Gasteiger partial charge on any atom is -0.258 e. The third-order valence-corrected chi connectivity index (χ3v) is 3.48. The summed E-state index contributed by atoms with van der Waals surface area (Å²) < 4.78 is 0. The van der Waals surface area contributed by atoms with E-state index in [2.05, 4.69) is 30.1 Å². The summed E-state index contributed by atoms with van der Waals surface area (Å²) in [5.74, 6) is 0.973. The van der Waals surface area contributed by atoms with Crippen molar-refractivity contribution in [3.63, 3.8) is 0 Å². The molecule has 1 saturated carbocycles. The molecule has 0 atom stereocenters. The molecular weight excluding hydrogens is 182 g/mol. The number of rotatable bonds is 3. The number of nitrogens with zero attached hydrogens (tertiary/aromatic N) is 1. The highest BCUT2D eigenvalue weighted by Crippen LogP contribution is 2.27. The van der Waals surface area contributed by atoms with Crippen molar-refractivity contribution in [3.05, 3.63) is 29.6 Å². The zero-order valence-corrected chi connectivity index (χ0v) is 9.71. The van der Waals surface area contributed by atoms with Crippen LogP contribution >= 0.6 is 0 Å². The van der Waals surface area contributed by atoms with Gasteiger partial charge in [-0.3, -0.25) is 4.98 Å². The van der Waals surface area contributed by atoms with Gasteiger partial charge in [0.25, 0.3) is 0 Å². The monoisotopic (exact) mass is 203 g/mol. The van der Waals surface area contributed by atoms with Gasteiger partial charge < -0.3 is 0 Å². The van der Waals surface area contributed by atoms with E-state index in [0.717, 1.165) is 11.6 Å². The molecule has 0 N–H and O–H groups in total. The molecule has 0 saturated heterocycles. The fourth-order valence-electron chi connectivity index (χ4n) is 2.57. The molecule has 1 heteroatoms. The van der Waals surface area contributed by atoms with Gasteiger partial charge in [-0.15, -0.1) is 0 Å². The van der Waals surface area contributed by atoms with E-state index in [-0.39, 0.29) is 0 Å². The first-order chi connectivity index (χ1) is 7.34. The molecule has 1 aliphatic carbocycles. The van der Waals surface area contributed by atoms with E-state index in [1.165, 1.54) is 50.6 Å². The average Bonchev–Trinajstić information content (AvgIpc) is 2.28. The van der Waals surface area contributed by atoms with Gasteiger partial charge in [0, 0.05) is 11.4 Å². The predicted molar refractivity (Wildman–Crippen MR) is 63.9 cm³/mol. The van der Waals surface area contributed by atoms with Crippen LogP contribution in [-0.2, 0) is 6.42 Å². The third-order valence-electron chi connectivity index (χ3n) is 3.48. The molecule has 1 aromatic rings. The number of hydrogen-bond donors (Lipinski definition) is 0. The molecule has 0 aliphatic heterocycles. The molecule has 0 spiro atoms. The number of aromatic nitrogens is 1. The Morgan fingerprint density at radius 2 is 2.00 bits per heavy atom. The first-order valence-electron chi connectivity index (χ1n) is 6.27. The van der Waals surface area contributed by atoms with Crippen molar-refractivity contribution in [1.82, 2.24) is 4.98 Å². The molecule has 82 valence electrons. The lowest BCUT2D eigenvalue weighted by Gasteiger charge is -2.21. The van der Waals surface area contributed by atoms with Gasteiger partial charge in [-0.25, -0.2) is 0 Å². The molecule has 2 rings (SSSR count). The fourth-order valence-corrected chi connectivity index (χ4v) is 2.57. The van der Waals surface area contributed by atoms with Crippen molar-refractivity contribution in [2.24, 2.45) is 5.92 Å². The van der Waals surface area contributed by atoms with Crippen LogP contribution in [0.15, 0.2) is 18.2 Å². The summed E-state index contributed by atoms with van der Waals surface area (Å²) in [6, 6.07) is 6.36. The maximum atomic E-state index is 4.56. The lowest BCUT2D eigenvalue weighted by molar-refractivity contribution is 0.338. The SMILES string of the molecule is Cc1cccc(CCC2CCCCC2)n1. The van der Waals surface area contributed by atoms with E-state index >= 15 is 0 Å². The number of aryl methyl sites for hydroxylation is 2. The Morgan fingerprint density at radius 3 is 2.73 bits per heavy atom. The van der Waals surface area contributed by atoms with E-state index in [1.807, 2.05) is 0 Å². The average molecular weight is 203 g/mol. The van der Waals surface area contributed by atoms with Gasteiger partial charge in [0.05, 0.1) is 0 Å². The van der Waals surface area contributed by atoms with Crippen LogP contribution in [0.25, 0.3) is 0 Å². The summed E-state index contributed by atoms with van der Waals surface area (Å²) in [5, 5.41) is 0. The molecule has 1 aromatic heterocycles. The molecule has 1 heterocycles. The number of hydrogen-bond acceptors (Lipinski definition) is 1. The first-order valence-corrected chi connectivity index (χ1v) is 6.27. The van der Waals surface area contributed by atoms with Gasteiger partial charge in [-0.1, -0.05) is 38.2 Å². The predicted octanol–water partition coefficient (Wildman–Crippen LogP) is 3.90. The van der Waals surface area contributed by atoms with Gasteiger partial charge in [-0.05, 0) is 37.8 Å². The molecule has 0 radical (unpaired) electrons. The Hall–Kier alpha value is -0.850. The molecule has 0 bridgehead atoms. The van der Waals surface area contributed by atoms with Crippen LogP contribution < -0.4 is 0 Å². The molecule has 15 heavy (non-hydrogen) atoms.